The first kappa shape index (κ1) is 19.2. The molecule has 3 rings (SSSR count). The van der Waals surface area contributed by atoms with E-state index in [0.717, 1.165) is 18.2 Å². The van der Waals surface area contributed by atoms with Crippen LogP contribution < -0.4 is 14.4 Å². The van der Waals surface area contributed by atoms with E-state index < -0.39 is 16.1 Å². The maximum absolute atomic E-state index is 12.7. The van der Waals surface area contributed by atoms with Crippen LogP contribution in [0.1, 0.15) is 24.5 Å². The number of rotatable bonds is 4. The van der Waals surface area contributed by atoms with Crippen molar-refractivity contribution in [2.45, 2.75) is 32.8 Å². The van der Waals surface area contributed by atoms with Crippen molar-refractivity contribution in [3.8, 4) is 5.75 Å². The molecule has 0 bridgehead atoms. The molecule has 7 heteroatoms. The second-order valence-corrected chi connectivity index (χ2v) is 8.65. The molecule has 1 aliphatic rings. The smallest absolute Gasteiger partial charge is 0.265 e. The zero-order valence-corrected chi connectivity index (χ0v) is 16.5. The molecule has 1 atom stereocenters. The number of carbonyl (C=O) groups excluding carboxylic acids is 1. The van der Waals surface area contributed by atoms with E-state index >= 15 is 0 Å². The monoisotopic (exact) mass is 388 g/mol. The quantitative estimate of drug-likeness (QED) is 0.873. The summed E-state index contributed by atoms with van der Waals surface area (Å²) in [6, 6.07) is 13.0. The Bertz CT molecular complexity index is 939. The SMILES string of the molecule is CCc1ccc(NC(=O)[C@@H]2CCN(S(C)(=O)=O)c3cc(C)ccc3O2)cc1. The van der Waals surface area contributed by atoms with Crippen molar-refractivity contribution in [1.29, 1.82) is 0 Å². The molecule has 1 aliphatic heterocycles. The summed E-state index contributed by atoms with van der Waals surface area (Å²) in [6.45, 7) is 4.14. The molecule has 1 heterocycles. The molecule has 144 valence electrons. The van der Waals surface area contributed by atoms with Gasteiger partial charge < -0.3 is 10.1 Å². The molecule has 0 unspecified atom stereocenters. The summed E-state index contributed by atoms with van der Waals surface area (Å²) in [5.41, 5.74) is 3.27. The fraction of sp³-hybridized carbons (Fsp3) is 0.350. The van der Waals surface area contributed by atoms with Crippen molar-refractivity contribution in [1.82, 2.24) is 0 Å². The van der Waals surface area contributed by atoms with Crippen LogP contribution in [0.5, 0.6) is 5.75 Å². The fourth-order valence-electron chi connectivity index (χ4n) is 3.06. The molecule has 27 heavy (non-hydrogen) atoms. The predicted molar refractivity (Wildman–Crippen MR) is 107 cm³/mol. The van der Waals surface area contributed by atoms with E-state index in [9.17, 15) is 13.2 Å². The molecule has 2 aromatic rings. The van der Waals surface area contributed by atoms with Gasteiger partial charge in [0.15, 0.2) is 6.10 Å². The predicted octanol–water partition coefficient (Wildman–Crippen LogP) is 3.11. The first-order valence-electron chi connectivity index (χ1n) is 8.92. The molecule has 0 aromatic heterocycles. The molecule has 0 saturated carbocycles. The van der Waals surface area contributed by atoms with Crippen LogP contribution in [0.2, 0.25) is 0 Å². The summed E-state index contributed by atoms with van der Waals surface area (Å²) < 4.78 is 31.6. The molecule has 0 radical (unpaired) electrons. The van der Waals surface area contributed by atoms with Crippen LogP contribution in [0, 0.1) is 6.92 Å². The summed E-state index contributed by atoms with van der Waals surface area (Å²) in [5.74, 6) is 0.103. The highest BCUT2D eigenvalue weighted by Crippen LogP contribution is 2.35. The van der Waals surface area contributed by atoms with Gasteiger partial charge in [0.25, 0.3) is 5.91 Å². The summed E-state index contributed by atoms with van der Waals surface area (Å²) in [6.07, 6.45) is 1.58. The van der Waals surface area contributed by atoms with Crippen LogP contribution in [0.25, 0.3) is 0 Å². The molecular formula is C20H24N2O4S. The molecular weight excluding hydrogens is 364 g/mol. The van der Waals surface area contributed by atoms with Gasteiger partial charge in [-0.2, -0.15) is 0 Å². The molecule has 6 nitrogen and oxygen atoms in total. The summed E-state index contributed by atoms with van der Waals surface area (Å²) in [7, 11) is -3.47. The second kappa shape index (κ2) is 7.60. The Labute approximate surface area is 160 Å². The van der Waals surface area contributed by atoms with Gasteiger partial charge in [0.1, 0.15) is 5.75 Å². The van der Waals surface area contributed by atoms with Crippen molar-refractivity contribution in [2.75, 3.05) is 22.4 Å². The number of fused-ring (bicyclic) bond motifs is 1. The summed E-state index contributed by atoms with van der Waals surface area (Å²) in [4.78, 5) is 12.7. The standard InChI is InChI=1S/C20H24N2O4S/c1-4-15-6-8-16(9-7-15)21-20(23)19-11-12-22(27(3,24)25)17-13-14(2)5-10-18(17)26-19/h5-10,13,19H,4,11-12H2,1-3H3,(H,21,23)/t19-/m0/s1. The Balaban J connectivity index is 1.83. The number of ether oxygens (including phenoxy) is 1. The number of sulfonamides is 1. The molecule has 0 saturated heterocycles. The zero-order valence-electron chi connectivity index (χ0n) is 15.7. The van der Waals surface area contributed by atoms with Gasteiger partial charge in [-0.1, -0.05) is 25.1 Å². The number of nitrogens with zero attached hydrogens (tertiary/aromatic N) is 1. The lowest BCUT2D eigenvalue weighted by atomic mass is 10.1. The lowest BCUT2D eigenvalue weighted by molar-refractivity contribution is -0.122. The average Bonchev–Trinajstić information content (AvgIpc) is 2.81. The van der Waals surface area contributed by atoms with Crippen molar-refractivity contribution >= 4 is 27.3 Å². The number of amides is 1. The topological polar surface area (TPSA) is 75.7 Å². The van der Waals surface area contributed by atoms with Crippen LogP contribution in [-0.4, -0.2) is 33.2 Å². The average molecular weight is 388 g/mol. The number of aryl methyl sites for hydroxylation is 2. The van der Waals surface area contributed by atoms with Crippen LogP contribution >= 0.6 is 0 Å². The first-order valence-corrected chi connectivity index (χ1v) is 10.8. The van der Waals surface area contributed by atoms with Gasteiger partial charge >= 0.3 is 0 Å². The minimum Gasteiger partial charge on any atom is -0.478 e. The molecule has 1 amide bonds. The van der Waals surface area contributed by atoms with Crippen LogP contribution in [-0.2, 0) is 21.2 Å². The molecule has 0 fully saturated rings. The Morgan fingerprint density at radius 1 is 1.22 bits per heavy atom. The van der Waals surface area contributed by atoms with Crippen molar-refractivity contribution in [3.05, 3.63) is 53.6 Å². The lowest BCUT2D eigenvalue weighted by Crippen LogP contribution is -2.35. The van der Waals surface area contributed by atoms with Gasteiger partial charge in [0.05, 0.1) is 11.9 Å². The normalized spacial score (nSPS) is 16.9. The minimum absolute atomic E-state index is 0.183. The van der Waals surface area contributed by atoms with Crippen molar-refractivity contribution in [3.63, 3.8) is 0 Å². The number of benzene rings is 2. The third-order valence-corrected chi connectivity index (χ3v) is 5.75. The van der Waals surface area contributed by atoms with Gasteiger partial charge in [0, 0.05) is 18.7 Å². The third kappa shape index (κ3) is 4.42. The minimum atomic E-state index is -3.47. The van der Waals surface area contributed by atoms with E-state index in [1.165, 1.54) is 9.87 Å². The van der Waals surface area contributed by atoms with E-state index in [-0.39, 0.29) is 18.9 Å². The first-order chi connectivity index (χ1) is 12.8. The maximum atomic E-state index is 12.7. The molecule has 0 spiro atoms. The Morgan fingerprint density at radius 3 is 2.56 bits per heavy atom. The number of hydrogen-bond acceptors (Lipinski definition) is 4. The van der Waals surface area contributed by atoms with Gasteiger partial charge in [0.2, 0.25) is 10.0 Å². The number of hydrogen-bond donors (Lipinski definition) is 1. The summed E-state index contributed by atoms with van der Waals surface area (Å²) in [5, 5.41) is 2.85. The van der Waals surface area contributed by atoms with Crippen LogP contribution in [0.3, 0.4) is 0 Å². The summed E-state index contributed by atoms with van der Waals surface area (Å²) >= 11 is 0. The zero-order chi connectivity index (χ0) is 19.6. The van der Waals surface area contributed by atoms with E-state index in [2.05, 4.69) is 12.2 Å². The van der Waals surface area contributed by atoms with Crippen LogP contribution in [0.4, 0.5) is 11.4 Å². The fourth-order valence-corrected chi connectivity index (χ4v) is 4.00. The second-order valence-electron chi connectivity index (χ2n) is 6.74. The van der Waals surface area contributed by atoms with Gasteiger partial charge in [-0.25, -0.2) is 8.42 Å². The highest BCUT2D eigenvalue weighted by molar-refractivity contribution is 7.92. The van der Waals surface area contributed by atoms with Gasteiger partial charge in [-0.3, -0.25) is 9.10 Å². The largest absolute Gasteiger partial charge is 0.478 e. The number of anilines is 2. The Kier molecular flexibility index (Phi) is 5.41. The number of nitrogens with one attached hydrogen (secondary N) is 1. The third-order valence-electron chi connectivity index (χ3n) is 4.57. The lowest BCUT2D eigenvalue weighted by Gasteiger charge is -2.21. The maximum Gasteiger partial charge on any atom is 0.265 e. The van der Waals surface area contributed by atoms with E-state index in [4.69, 9.17) is 4.74 Å². The highest BCUT2D eigenvalue weighted by Gasteiger charge is 2.31. The highest BCUT2D eigenvalue weighted by atomic mass is 32.2. The van der Waals surface area contributed by atoms with Gasteiger partial charge in [-0.05, 0) is 48.7 Å². The van der Waals surface area contributed by atoms with Crippen LogP contribution in [0.15, 0.2) is 42.5 Å². The van der Waals surface area contributed by atoms with Crippen molar-refractivity contribution in [2.24, 2.45) is 0 Å². The molecule has 2 aromatic carbocycles. The van der Waals surface area contributed by atoms with E-state index in [1.807, 2.05) is 37.3 Å². The Morgan fingerprint density at radius 2 is 1.93 bits per heavy atom. The van der Waals surface area contributed by atoms with E-state index in [0.29, 0.717) is 17.1 Å². The molecule has 0 aliphatic carbocycles. The molecule has 1 N–H and O–H groups in total. The van der Waals surface area contributed by atoms with E-state index in [1.54, 1.807) is 12.1 Å². The van der Waals surface area contributed by atoms with Crippen molar-refractivity contribution < 1.29 is 17.9 Å². The number of carbonyl (C=O) groups is 1. The Hall–Kier alpha value is -2.54. The van der Waals surface area contributed by atoms with Gasteiger partial charge in [-0.15, -0.1) is 0 Å².